The van der Waals surface area contributed by atoms with E-state index in [0.717, 1.165) is 32.9 Å². The lowest BCUT2D eigenvalue weighted by atomic mass is 10.0. The van der Waals surface area contributed by atoms with Crippen molar-refractivity contribution in [3.05, 3.63) is 45.8 Å². The van der Waals surface area contributed by atoms with Crippen LogP contribution in [-0.2, 0) is 32.6 Å². The third kappa shape index (κ3) is 6.30. The number of anilines is 1. The number of hydrogen-bond acceptors (Lipinski definition) is 9. The lowest BCUT2D eigenvalue weighted by molar-refractivity contribution is -0.129. The highest BCUT2D eigenvalue weighted by atomic mass is 32.2. The van der Waals surface area contributed by atoms with Crippen molar-refractivity contribution in [1.82, 2.24) is 20.1 Å². The minimum atomic E-state index is -3.99. The van der Waals surface area contributed by atoms with Gasteiger partial charge in [-0.25, -0.2) is 8.42 Å². The lowest BCUT2D eigenvalue weighted by Gasteiger charge is -2.26. The van der Waals surface area contributed by atoms with Gasteiger partial charge in [0.05, 0.1) is 17.0 Å². The van der Waals surface area contributed by atoms with Crippen LogP contribution in [0.3, 0.4) is 0 Å². The Morgan fingerprint density at radius 3 is 2.21 bits per heavy atom. The second kappa shape index (κ2) is 12.1. The number of amides is 4. The molecule has 0 spiro atoms. The minimum absolute atomic E-state index is 0.107. The molecule has 3 rings (SSSR count). The molecular formula is C23H27N7O6S2. The molecule has 202 valence electrons. The summed E-state index contributed by atoms with van der Waals surface area (Å²) >= 11 is 1.15. The van der Waals surface area contributed by atoms with Crippen LogP contribution in [0.4, 0.5) is 5.00 Å². The average Bonchev–Trinajstić information content (AvgIpc) is 3.24. The Labute approximate surface area is 223 Å². The zero-order valence-corrected chi connectivity index (χ0v) is 22.3. The van der Waals surface area contributed by atoms with E-state index in [2.05, 4.69) is 16.2 Å². The number of carbonyl (C=O) groups is 4. The van der Waals surface area contributed by atoms with Gasteiger partial charge in [-0.2, -0.15) is 4.31 Å². The van der Waals surface area contributed by atoms with Gasteiger partial charge in [0, 0.05) is 56.4 Å². The van der Waals surface area contributed by atoms with Crippen LogP contribution in [0.25, 0.3) is 0 Å². The summed E-state index contributed by atoms with van der Waals surface area (Å²) in [7, 11) is -3.99. The fourth-order valence-corrected chi connectivity index (χ4v) is 6.36. The Kier molecular flexibility index (Phi) is 9.08. The van der Waals surface area contributed by atoms with E-state index in [4.69, 9.17) is 10.8 Å². The topological polar surface area (TPSA) is 193 Å². The molecule has 1 aliphatic rings. The smallest absolute Gasteiger partial charge is 0.272 e. The van der Waals surface area contributed by atoms with E-state index in [0.29, 0.717) is 18.5 Å². The highest BCUT2D eigenvalue weighted by molar-refractivity contribution is 7.89. The number of benzene rings is 1. The molecule has 15 heteroatoms. The van der Waals surface area contributed by atoms with E-state index in [1.165, 1.54) is 38.1 Å². The minimum Gasteiger partial charge on any atom is -0.337 e. The second-order valence-electron chi connectivity index (χ2n) is 8.24. The Morgan fingerprint density at radius 1 is 1.03 bits per heavy atom. The molecule has 2 heterocycles. The van der Waals surface area contributed by atoms with Gasteiger partial charge < -0.3 is 21.0 Å². The van der Waals surface area contributed by atoms with Crippen molar-refractivity contribution in [2.45, 2.75) is 31.7 Å². The summed E-state index contributed by atoms with van der Waals surface area (Å²) in [6, 6.07) is 5.13. The van der Waals surface area contributed by atoms with Crippen LogP contribution in [0, 0.1) is 10.8 Å². The van der Waals surface area contributed by atoms with Gasteiger partial charge in [-0.05, 0) is 36.2 Å². The van der Waals surface area contributed by atoms with E-state index in [1.54, 1.807) is 4.90 Å². The van der Waals surface area contributed by atoms with Gasteiger partial charge in [0.15, 0.2) is 0 Å². The maximum atomic E-state index is 13.1. The molecule has 0 atom stereocenters. The molecule has 0 fully saturated rings. The first-order chi connectivity index (χ1) is 18.0. The number of thiophene rings is 1. The van der Waals surface area contributed by atoms with E-state index in [1.807, 2.05) is 0 Å². The number of nitrogens with zero attached hydrogens (tertiary/aromatic N) is 2. The fourth-order valence-electron chi connectivity index (χ4n) is 3.78. The van der Waals surface area contributed by atoms with Gasteiger partial charge >= 0.3 is 0 Å². The maximum absolute atomic E-state index is 13.1. The van der Waals surface area contributed by atoms with Crippen LogP contribution >= 0.6 is 11.3 Å². The molecule has 0 saturated carbocycles. The van der Waals surface area contributed by atoms with Crippen molar-refractivity contribution < 1.29 is 27.6 Å². The molecule has 2 aromatic rings. The SMILES string of the molecule is CC(=O)NNC(=O)c1c(NC(=O)c2ccc(S(=O)(=O)N(CC=N)CC=N)cc2)sc2c1CCN(C(C)=O)C2. The van der Waals surface area contributed by atoms with E-state index >= 15 is 0 Å². The molecule has 0 bridgehead atoms. The van der Waals surface area contributed by atoms with Crippen LogP contribution < -0.4 is 16.2 Å². The molecule has 0 radical (unpaired) electrons. The van der Waals surface area contributed by atoms with Crippen molar-refractivity contribution >= 4 is 62.4 Å². The van der Waals surface area contributed by atoms with Gasteiger partial charge in [-0.15, -0.1) is 11.3 Å². The first-order valence-corrected chi connectivity index (χ1v) is 13.6. The number of sulfonamides is 1. The Balaban J connectivity index is 1.88. The first kappa shape index (κ1) is 28.6. The summed E-state index contributed by atoms with van der Waals surface area (Å²) < 4.78 is 26.6. The normalized spacial score (nSPS) is 12.9. The highest BCUT2D eigenvalue weighted by Crippen LogP contribution is 2.37. The van der Waals surface area contributed by atoms with Gasteiger partial charge in [0.1, 0.15) is 5.00 Å². The quantitative estimate of drug-likeness (QED) is 0.224. The largest absolute Gasteiger partial charge is 0.337 e. The average molecular weight is 562 g/mol. The molecule has 1 aromatic carbocycles. The number of carbonyl (C=O) groups excluding carboxylic acids is 4. The maximum Gasteiger partial charge on any atom is 0.272 e. The molecule has 1 aromatic heterocycles. The Hall–Kier alpha value is -3.95. The summed E-state index contributed by atoms with van der Waals surface area (Å²) in [5.41, 5.74) is 5.52. The Morgan fingerprint density at radius 2 is 1.66 bits per heavy atom. The monoisotopic (exact) mass is 561 g/mol. The summed E-state index contributed by atoms with van der Waals surface area (Å²) in [4.78, 5) is 51.3. The van der Waals surface area contributed by atoms with Crippen LogP contribution in [0.1, 0.15) is 45.0 Å². The molecule has 13 nitrogen and oxygen atoms in total. The predicted octanol–water partition coefficient (Wildman–Crippen LogP) is 0.976. The summed E-state index contributed by atoms with van der Waals surface area (Å²) in [6.45, 7) is 2.96. The van der Waals surface area contributed by atoms with Crippen molar-refractivity contribution in [2.24, 2.45) is 0 Å². The summed E-state index contributed by atoms with van der Waals surface area (Å²) in [6.07, 6.45) is 2.22. The van der Waals surface area contributed by atoms with E-state index in [9.17, 15) is 27.6 Å². The number of fused-ring (bicyclic) bond motifs is 1. The molecule has 1 aliphatic heterocycles. The zero-order chi connectivity index (χ0) is 28.0. The zero-order valence-electron chi connectivity index (χ0n) is 20.7. The van der Waals surface area contributed by atoms with Crippen molar-refractivity contribution in [1.29, 1.82) is 10.8 Å². The molecule has 38 heavy (non-hydrogen) atoms. The summed E-state index contributed by atoms with van der Waals surface area (Å²) in [5.74, 6) is -1.82. The van der Waals surface area contributed by atoms with Crippen molar-refractivity contribution in [2.75, 3.05) is 25.0 Å². The first-order valence-electron chi connectivity index (χ1n) is 11.4. The van der Waals surface area contributed by atoms with Crippen LogP contribution in [0.15, 0.2) is 29.2 Å². The van der Waals surface area contributed by atoms with E-state index in [-0.39, 0.29) is 46.6 Å². The van der Waals surface area contributed by atoms with E-state index < -0.39 is 27.7 Å². The number of hydrazine groups is 1. The van der Waals surface area contributed by atoms with Gasteiger partial charge in [-0.1, -0.05) is 0 Å². The Bertz CT molecular complexity index is 1380. The molecular weight excluding hydrogens is 534 g/mol. The fraction of sp³-hybridized carbons (Fsp3) is 0.304. The van der Waals surface area contributed by atoms with Crippen LogP contribution in [-0.4, -0.2) is 73.3 Å². The van der Waals surface area contributed by atoms with Gasteiger partial charge in [-0.3, -0.25) is 30.0 Å². The molecule has 0 unspecified atom stereocenters. The molecule has 0 saturated heterocycles. The predicted molar refractivity (Wildman–Crippen MR) is 141 cm³/mol. The number of hydrogen-bond donors (Lipinski definition) is 5. The molecule has 5 N–H and O–H groups in total. The summed E-state index contributed by atoms with van der Waals surface area (Å²) in [5, 5.41) is 17.3. The standard InChI is InChI=1S/C23H27N7O6S2/c1-14(31)27-28-22(34)20-18-7-10-29(15(2)32)13-19(18)37-23(20)26-21(33)16-3-5-17(6-4-16)38(35,36)30(11-8-24)12-9-25/h3-6,8-9,24-25H,7,10-13H2,1-2H3,(H,26,33)(H,27,31)(H,28,34). The molecule has 4 amide bonds. The van der Waals surface area contributed by atoms with Crippen LogP contribution in [0.2, 0.25) is 0 Å². The van der Waals surface area contributed by atoms with Gasteiger partial charge in [0.25, 0.3) is 11.8 Å². The number of nitrogens with one attached hydrogen (secondary N) is 5. The lowest BCUT2D eigenvalue weighted by Crippen LogP contribution is -2.41. The second-order valence-corrected chi connectivity index (χ2v) is 11.3. The third-order valence-corrected chi connectivity index (χ3v) is 8.63. The van der Waals surface area contributed by atoms with Crippen molar-refractivity contribution in [3.8, 4) is 0 Å². The van der Waals surface area contributed by atoms with Crippen LogP contribution in [0.5, 0.6) is 0 Å². The third-order valence-electron chi connectivity index (χ3n) is 5.65. The molecule has 0 aliphatic carbocycles. The highest BCUT2D eigenvalue weighted by Gasteiger charge is 2.30. The van der Waals surface area contributed by atoms with Gasteiger partial charge in [0.2, 0.25) is 21.8 Å². The number of rotatable bonds is 9. The van der Waals surface area contributed by atoms with Crippen molar-refractivity contribution in [3.63, 3.8) is 0 Å².